The van der Waals surface area contributed by atoms with Gasteiger partial charge < -0.3 is 9.88 Å². The van der Waals surface area contributed by atoms with E-state index in [1.165, 1.54) is 19.2 Å². The summed E-state index contributed by atoms with van der Waals surface area (Å²) in [6.07, 6.45) is 5.13. The molecule has 1 amide bonds. The van der Waals surface area contributed by atoms with Gasteiger partial charge in [0.2, 0.25) is 10.0 Å². The smallest absolute Gasteiger partial charge is 0.254 e. The lowest BCUT2D eigenvalue weighted by atomic mass is 10.1. The molecule has 0 bridgehead atoms. The van der Waals surface area contributed by atoms with Gasteiger partial charge in [0.05, 0.1) is 10.9 Å². The molecule has 0 aliphatic carbocycles. The van der Waals surface area contributed by atoms with E-state index in [1.54, 1.807) is 29.4 Å². The molecule has 2 aromatic rings. The third kappa shape index (κ3) is 2.99. The maximum atomic E-state index is 12.8. The van der Waals surface area contributed by atoms with Crippen LogP contribution in [0, 0.1) is 0 Å². The highest BCUT2D eigenvalue weighted by Gasteiger charge is 2.32. The Hall–Kier alpha value is -2.19. The summed E-state index contributed by atoms with van der Waals surface area (Å²) in [6.45, 7) is 0.632. The van der Waals surface area contributed by atoms with Crippen LogP contribution in [-0.2, 0) is 10.0 Å². The number of benzene rings is 1. The van der Waals surface area contributed by atoms with Crippen molar-refractivity contribution in [3.05, 3.63) is 48.0 Å². The topological polar surface area (TPSA) is 95.2 Å². The van der Waals surface area contributed by atoms with Gasteiger partial charge in [0, 0.05) is 24.5 Å². The number of likely N-dealkylation sites (tertiary alicyclic amines) is 1. The third-order valence-corrected chi connectivity index (χ3v) is 5.42. The first-order valence-corrected chi connectivity index (χ1v) is 8.85. The summed E-state index contributed by atoms with van der Waals surface area (Å²) < 4.78 is 26.1. The Balaban J connectivity index is 1.90. The van der Waals surface area contributed by atoms with E-state index in [-0.39, 0.29) is 16.8 Å². The molecule has 1 unspecified atom stereocenters. The van der Waals surface area contributed by atoms with Crippen LogP contribution in [0.25, 0.3) is 0 Å². The molecule has 1 fully saturated rings. The van der Waals surface area contributed by atoms with Gasteiger partial charge >= 0.3 is 0 Å². The normalized spacial score (nSPS) is 18.3. The minimum absolute atomic E-state index is 0.0830. The van der Waals surface area contributed by atoms with Crippen LogP contribution < -0.4 is 4.72 Å². The summed E-state index contributed by atoms with van der Waals surface area (Å²) in [4.78, 5) is 21.9. The fourth-order valence-corrected chi connectivity index (χ4v) is 3.61. The number of nitrogens with zero attached hydrogens (tertiary/aromatic N) is 2. The van der Waals surface area contributed by atoms with Crippen molar-refractivity contribution >= 4 is 15.9 Å². The number of rotatable bonds is 4. The summed E-state index contributed by atoms with van der Waals surface area (Å²) in [6, 6.07) is 5.99. The van der Waals surface area contributed by atoms with Gasteiger partial charge in [-0.3, -0.25) is 4.79 Å². The number of amides is 1. The lowest BCUT2D eigenvalue weighted by Crippen LogP contribution is -2.31. The molecule has 1 aromatic carbocycles. The second kappa shape index (κ2) is 6.13. The third-order valence-electron chi connectivity index (χ3n) is 4.01. The average molecular weight is 334 g/mol. The fourth-order valence-electron chi connectivity index (χ4n) is 2.83. The Morgan fingerprint density at radius 2 is 2.26 bits per heavy atom. The first kappa shape index (κ1) is 15.7. The number of nitrogens with one attached hydrogen (secondary N) is 2. The van der Waals surface area contributed by atoms with Gasteiger partial charge in [-0.05, 0) is 38.1 Å². The highest BCUT2D eigenvalue weighted by atomic mass is 32.2. The van der Waals surface area contributed by atoms with E-state index in [0.29, 0.717) is 12.1 Å². The van der Waals surface area contributed by atoms with E-state index < -0.39 is 10.0 Å². The predicted octanol–water partition coefficient (Wildman–Crippen LogP) is 1.30. The molecule has 3 rings (SSSR count). The Bertz CT molecular complexity index is 802. The molecule has 2 heterocycles. The highest BCUT2D eigenvalue weighted by Crippen LogP contribution is 2.31. The summed E-state index contributed by atoms with van der Waals surface area (Å²) in [5.74, 6) is 0.576. The fraction of sp³-hybridized carbons (Fsp3) is 0.333. The van der Waals surface area contributed by atoms with Crippen LogP contribution in [-0.4, -0.2) is 42.8 Å². The monoisotopic (exact) mass is 334 g/mol. The van der Waals surface area contributed by atoms with Crippen molar-refractivity contribution in [2.45, 2.75) is 23.8 Å². The van der Waals surface area contributed by atoms with Crippen LogP contribution in [0.3, 0.4) is 0 Å². The molecule has 1 atom stereocenters. The van der Waals surface area contributed by atoms with E-state index in [0.717, 1.165) is 18.7 Å². The Kier molecular flexibility index (Phi) is 4.18. The van der Waals surface area contributed by atoms with E-state index in [9.17, 15) is 13.2 Å². The van der Waals surface area contributed by atoms with Crippen molar-refractivity contribution in [2.24, 2.45) is 0 Å². The Morgan fingerprint density at radius 1 is 1.43 bits per heavy atom. The van der Waals surface area contributed by atoms with Crippen molar-refractivity contribution in [1.82, 2.24) is 19.6 Å². The zero-order chi connectivity index (χ0) is 16.4. The largest absolute Gasteiger partial charge is 0.347 e. The lowest BCUT2D eigenvalue weighted by Gasteiger charge is -2.23. The number of hydrogen-bond donors (Lipinski definition) is 2. The van der Waals surface area contributed by atoms with E-state index in [4.69, 9.17) is 0 Å². The van der Waals surface area contributed by atoms with Gasteiger partial charge in [-0.1, -0.05) is 6.07 Å². The number of carbonyl (C=O) groups is 1. The van der Waals surface area contributed by atoms with Crippen molar-refractivity contribution in [2.75, 3.05) is 13.6 Å². The standard InChI is InChI=1S/C15H18N4O3S/c1-16-23(21,22)12-5-2-4-11(10-12)15(20)19-9-3-6-13(19)14-17-7-8-18-14/h2,4-5,7-8,10,13,16H,3,6,9H2,1H3,(H,17,18). The Morgan fingerprint density at radius 3 is 2.96 bits per heavy atom. The first-order valence-electron chi connectivity index (χ1n) is 7.37. The van der Waals surface area contributed by atoms with Crippen LogP contribution >= 0.6 is 0 Å². The number of H-pyrrole nitrogens is 1. The molecule has 2 N–H and O–H groups in total. The van der Waals surface area contributed by atoms with Gasteiger partial charge in [-0.15, -0.1) is 0 Å². The average Bonchev–Trinajstić information content (AvgIpc) is 3.25. The number of aromatic nitrogens is 2. The van der Waals surface area contributed by atoms with Crippen molar-refractivity contribution in [3.8, 4) is 0 Å². The molecule has 23 heavy (non-hydrogen) atoms. The van der Waals surface area contributed by atoms with Crippen LogP contribution in [0.4, 0.5) is 0 Å². The predicted molar refractivity (Wildman–Crippen MR) is 84.3 cm³/mol. The second-order valence-corrected chi connectivity index (χ2v) is 7.25. The number of imidazole rings is 1. The van der Waals surface area contributed by atoms with E-state index in [2.05, 4.69) is 14.7 Å². The van der Waals surface area contributed by atoms with Gasteiger partial charge in [0.1, 0.15) is 5.82 Å². The second-order valence-electron chi connectivity index (χ2n) is 5.37. The maximum absolute atomic E-state index is 12.8. The van der Waals surface area contributed by atoms with Gasteiger partial charge in [0.25, 0.3) is 5.91 Å². The van der Waals surface area contributed by atoms with Crippen molar-refractivity contribution in [3.63, 3.8) is 0 Å². The van der Waals surface area contributed by atoms with Crippen LogP contribution in [0.1, 0.15) is 35.1 Å². The zero-order valence-corrected chi connectivity index (χ0v) is 13.5. The highest BCUT2D eigenvalue weighted by molar-refractivity contribution is 7.89. The molecule has 1 saturated heterocycles. The number of sulfonamides is 1. The van der Waals surface area contributed by atoms with Gasteiger partial charge in [0.15, 0.2) is 0 Å². The SMILES string of the molecule is CNS(=O)(=O)c1cccc(C(=O)N2CCCC2c2ncc[nH]2)c1. The van der Waals surface area contributed by atoms with E-state index >= 15 is 0 Å². The van der Waals surface area contributed by atoms with Crippen LogP contribution in [0.2, 0.25) is 0 Å². The summed E-state index contributed by atoms with van der Waals surface area (Å²) in [7, 11) is -2.23. The first-order chi connectivity index (χ1) is 11.0. The molecule has 1 aromatic heterocycles. The summed E-state index contributed by atoms with van der Waals surface area (Å²) in [5, 5.41) is 0. The molecule has 1 aliphatic rings. The molecular formula is C15H18N4O3S. The lowest BCUT2D eigenvalue weighted by molar-refractivity contribution is 0.0730. The maximum Gasteiger partial charge on any atom is 0.254 e. The molecule has 122 valence electrons. The van der Waals surface area contributed by atoms with Gasteiger partial charge in [-0.2, -0.15) is 0 Å². The minimum atomic E-state index is -3.57. The van der Waals surface area contributed by atoms with Gasteiger partial charge in [-0.25, -0.2) is 18.1 Å². The minimum Gasteiger partial charge on any atom is -0.347 e. The molecule has 8 heteroatoms. The number of aromatic amines is 1. The zero-order valence-electron chi connectivity index (χ0n) is 12.7. The Labute approximate surface area is 134 Å². The summed E-state index contributed by atoms with van der Waals surface area (Å²) >= 11 is 0. The van der Waals surface area contributed by atoms with Crippen LogP contribution in [0.5, 0.6) is 0 Å². The van der Waals surface area contributed by atoms with Crippen molar-refractivity contribution < 1.29 is 13.2 Å². The summed E-state index contributed by atoms with van der Waals surface area (Å²) in [5.41, 5.74) is 0.361. The van der Waals surface area contributed by atoms with Crippen LogP contribution in [0.15, 0.2) is 41.6 Å². The molecule has 0 spiro atoms. The quantitative estimate of drug-likeness (QED) is 0.881. The van der Waals surface area contributed by atoms with E-state index in [1.807, 2.05) is 0 Å². The molecule has 0 saturated carbocycles. The number of hydrogen-bond acceptors (Lipinski definition) is 4. The van der Waals surface area contributed by atoms with Crippen molar-refractivity contribution in [1.29, 1.82) is 0 Å². The molecule has 1 aliphatic heterocycles. The molecule has 7 nitrogen and oxygen atoms in total. The molecular weight excluding hydrogens is 316 g/mol. The number of carbonyl (C=O) groups excluding carboxylic acids is 1. The molecule has 0 radical (unpaired) electrons.